The van der Waals surface area contributed by atoms with E-state index in [1.807, 2.05) is 0 Å². The highest BCUT2D eigenvalue weighted by atomic mass is 35.5. The first-order valence-electron chi connectivity index (χ1n) is 5.21. The van der Waals surface area contributed by atoms with E-state index in [0.29, 0.717) is 5.56 Å². The topological polar surface area (TPSA) is 70.2 Å². The van der Waals surface area contributed by atoms with Gasteiger partial charge in [0.15, 0.2) is 0 Å². The van der Waals surface area contributed by atoms with Crippen LogP contribution in [0.5, 0.6) is 0 Å². The van der Waals surface area contributed by atoms with Gasteiger partial charge in [-0.3, -0.25) is 4.79 Å². The number of aromatic amines is 1. The first-order chi connectivity index (χ1) is 8.49. The van der Waals surface area contributed by atoms with Gasteiger partial charge < -0.3 is 10.1 Å². The normalized spacial score (nSPS) is 10.3. The standard InChI is InChI=1S/C13H10ClNO3/c1-7-4-9(6-15-12(7)16)8-2-3-10(13(17)18)11(14)5-8/h2-6H,1H3,(H,15,16)(H,17,18). The molecule has 0 saturated heterocycles. The van der Waals surface area contributed by atoms with E-state index in [4.69, 9.17) is 16.7 Å². The fraction of sp³-hybridized carbons (Fsp3) is 0.0769. The molecule has 2 rings (SSSR count). The molecule has 18 heavy (non-hydrogen) atoms. The number of benzene rings is 1. The average molecular weight is 264 g/mol. The van der Waals surface area contributed by atoms with Crippen molar-refractivity contribution in [2.45, 2.75) is 6.92 Å². The fourth-order valence-corrected chi connectivity index (χ4v) is 1.89. The minimum atomic E-state index is -1.07. The Hall–Kier alpha value is -2.07. The van der Waals surface area contributed by atoms with Gasteiger partial charge in [-0.05, 0) is 36.2 Å². The van der Waals surface area contributed by atoms with Crippen LogP contribution in [-0.4, -0.2) is 16.1 Å². The molecule has 0 amide bonds. The van der Waals surface area contributed by atoms with Crippen LogP contribution in [0.15, 0.2) is 35.3 Å². The summed E-state index contributed by atoms with van der Waals surface area (Å²) in [6, 6.07) is 6.39. The van der Waals surface area contributed by atoms with Crippen molar-refractivity contribution in [2.75, 3.05) is 0 Å². The summed E-state index contributed by atoms with van der Waals surface area (Å²) in [6.45, 7) is 1.70. The Balaban J connectivity index is 2.52. The van der Waals surface area contributed by atoms with Crippen molar-refractivity contribution in [1.29, 1.82) is 0 Å². The molecule has 0 aliphatic rings. The molecule has 5 heteroatoms. The van der Waals surface area contributed by atoms with E-state index < -0.39 is 5.97 Å². The molecular weight excluding hydrogens is 254 g/mol. The summed E-state index contributed by atoms with van der Waals surface area (Å²) in [4.78, 5) is 24.7. The molecule has 0 saturated carbocycles. The SMILES string of the molecule is Cc1cc(-c2ccc(C(=O)O)c(Cl)c2)c[nH]c1=O. The monoisotopic (exact) mass is 263 g/mol. The molecule has 0 radical (unpaired) electrons. The number of carboxylic acid groups (broad SMARTS) is 1. The number of rotatable bonds is 2. The van der Waals surface area contributed by atoms with Crippen LogP contribution in [0, 0.1) is 6.92 Å². The molecule has 0 atom stereocenters. The molecule has 0 spiro atoms. The van der Waals surface area contributed by atoms with E-state index in [2.05, 4.69) is 4.98 Å². The summed E-state index contributed by atoms with van der Waals surface area (Å²) in [5.41, 5.74) is 2.04. The minimum absolute atomic E-state index is 0.0570. The van der Waals surface area contributed by atoms with Gasteiger partial charge in [-0.2, -0.15) is 0 Å². The Labute approximate surface area is 108 Å². The second-order valence-corrected chi connectivity index (χ2v) is 4.31. The zero-order valence-electron chi connectivity index (χ0n) is 9.53. The lowest BCUT2D eigenvalue weighted by molar-refractivity contribution is 0.0697. The lowest BCUT2D eigenvalue weighted by atomic mass is 10.0. The number of aromatic nitrogens is 1. The summed E-state index contributed by atoms with van der Waals surface area (Å²) >= 11 is 5.89. The van der Waals surface area contributed by atoms with Crippen molar-refractivity contribution in [2.24, 2.45) is 0 Å². The van der Waals surface area contributed by atoms with Gasteiger partial charge in [-0.15, -0.1) is 0 Å². The van der Waals surface area contributed by atoms with Crippen molar-refractivity contribution in [1.82, 2.24) is 4.98 Å². The van der Waals surface area contributed by atoms with Crippen molar-refractivity contribution in [3.05, 3.63) is 57.0 Å². The van der Waals surface area contributed by atoms with Crippen molar-refractivity contribution in [3.8, 4) is 11.1 Å². The van der Waals surface area contributed by atoms with Crippen LogP contribution < -0.4 is 5.56 Å². The van der Waals surface area contributed by atoms with E-state index in [1.165, 1.54) is 6.07 Å². The van der Waals surface area contributed by atoms with Gasteiger partial charge in [-0.25, -0.2) is 4.79 Å². The Morgan fingerprint density at radius 2 is 2.00 bits per heavy atom. The van der Waals surface area contributed by atoms with Gasteiger partial charge in [0.1, 0.15) is 0 Å². The molecule has 0 aliphatic heterocycles. The number of halogens is 1. The van der Waals surface area contributed by atoms with E-state index in [9.17, 15) is 9.59 Å². The van der Waals surface area contributed by atoms with Crippen LogP contribution in [0.2, 0.25) is 5.02 Å². The number of pyridine rings is 1. The molecule has 1 aromatic carbocycles. The van der Waals surface area contributed by atoms with Gasteiger partial charge in [0.25, 0.3) is 5.56 Å². The van der Waals surface area contributed by atoms with Crippen LogP contribution in [0.3, 0.4) is 0 Å². The van der Waals surface area contributed by atoms with E-state index in [1.54, 1.807) is 31.3 Å². The first-order valence-corrected chi connectivity index (χ1v) is 5.59. The van der Waals surface area contributed by atoms with E-state index in [0.717, 1.165) is 11.1 Å². The maximum Gasteiger partial charge on any atom is 0.337 e. The predicted octanol–water partition coefficient (Wildman–Crippen LogP) is 2.70. The van der Waals surface area contributed by atoms with Crippen LogP contribution in [0.25, 0.3) is 11.1 Å². The van der Waals surface area contributed by atoms with Crippen LogP contribution >= 0.6 is 11.6 Å². The van der Waals surface area contributed by atoms with Gasteiger partial charge in [-0.1, -0.05) is 17.7 Å². The van der Waals surface area contributed by atoms with Crippen molar-refractivity contribution in [3.63, 3.8) is 0 Å². The highest BCUT2D eigenvalue weighted by Crippen LogP contribution is 2.25. The molecule has 1 heterocycles. The molecule has 4 nitrogen and oxygen atoms in total. The zero-order chi connectivity index (χ0) is 13.3. The number of carboxylic acids is 1. The quantitative estimate of drug-likeness (QED) is 0.875. The van der Waals surface area contributed by atoms with Gasteiger partial charge >= 0.3 is 5.97 Å². The molecule has 92 valence electrons. The number of carbonyl (C=O) groups is 1. The van der Waals surface area contributed by atoms with Crippen LogP contribution in [-0.2, 0) is 0 Å². The fourth-order valence-electron chi connectivity index (χ4n) is 1.63. The Bertz CT molecular complexity index is 676. The second kappa shape index (κ2) is 4.66. The average Bonchev–Trinajstić information content (AvgIpc) is 2.32. The zero-order valence-corrected chi connectivity index (χ0v) is 10.3. The van der Waals surface area contributed by atoms with Gasteiger partial charge in [0.2, 0.25) is 0 Å². The summed E-state index contributed by atoms with van der Waals surface area (Å²) in [7, 11) is 0. The van der Waals surface area contributed by atoms with Crippen LogP contribution in [0.4, 0.5) is 0 Å². The predicted molar refractivity (Wildman–Crippen MR) is 69.2 cm³/mol. The highest BCUT2D eigenvalue weighted by Gasteiger charge is 2.10. The third-order valence-corrected chi connectivity index (χ3v) is 2.93. The third kappa shape index (κ3) is 2.28. The summed E-state index contributed by atoms with van der Waals surface area (Å²) in [5, 5.41) is 9.05. The number of aryl methyl sites for hydroxylation is 1. The number of aromatic carboxylic acids is 1. The lowest BCUT2D eigenvalue weighted by Gasteiger charge is -2.05. The number of hydrogen-bond donors (Lipinski definition) is 2. The lowest BCUT2D eigenvalue weighted by Crippen LogP contribution is -2.07. The largest absolute Gasteiger partial charge is 0.478 e. The first kappa shape index (κ1) is 12.4. The highest BCUT2D eigenvalue weighted by molar-refractivity contribution is 6.33. The number of H-pyrrole nitrogens is 1. The molecule has 1 aromatic heterocycles. The summed E-state index contributed by atoms with van der Waals surface area (Å²) in [6.07, 6.45) is 1.57. The van der Waals surface area contributed by atoms with Crippen molar-refractivity contribution < 1.29 is 9.90 Å². The maximum absolute atomic E-state index is 11.3. The van der Waals surface area contributed by atoms with Gasteiger partial charge in [0.05, 0.1) is 10.6 Å². The molecule has 0 bridgehead atoms. The Morgan fingerprint density at radius 3 is 2.56 bits per heavy atom. The molecule has 0 fully saturated rings. The maximum atomic E-state index is 11.3. The second-order valence-electron chi connectivity index (χ2n) is 3.90. The van der Waals surface area contributed by atoms with Gasteiger partial charge in [0, 0.05) is 11.8 Å². The van der Waals surface area contributed by atoms with E-state index >= 15 is 0 Å². The molecule has 0 aliphatic carbocycles. The third-order valence-electron chi connectivity index (χ3n) is 2.62. The van der Waals surface area contributed by atoms with Crippen molar-refractivity contribution >= 4 is 17.6 Å². The smallest absolute Gasteiger partial charge is 0.337 e. The molecule has 2 N–H and O–H groups in total. The Morgan fingerprint density at radius 1 is 1.28 bits per heavy atom. The number of nitrogens with one attached hydrogen (secondary N) is 1. The molecule has 2 aromatic rings. The molecule has 0 unspecified atom stereocenters. The molecular formula is C13H10ClNO3. The minimum Gasteiger partial charge on any atom is -0.478 e. The summed E-state index contributed by atoms with van der Waals surface area (Å²) in [5.74, 6) is -1.07. The Kier molecular flexibility index (Phi) is 3.21. The van der Waals surface area contributed by atoms with Crippen LogP contribution in [0.1, 0.15) is 15.9 Å². The van der Waals surface area contributed by atoms with E-state index in [-0.39, 0.29) is 16.1 Å². The summed E-state index contributed by atoms with van der Waals surface area (Å²) < 4.78 is 0. The number of hydrogen-bond acceptors (Lipinski definition) is 2.